The van der Waals surface area contributed by atoms with Gasteiger partial charge in [-0.15, -0.1) is 0 Å². The van der Waals surface area contributed by atoms with Crippen LogP contribution in [0.15, 0.2) is 11.6 Å². The van der Waals surface area contributed by atoms with Gasteiger partial charge in [0.1, 0.15) is 72.6 Å². The van der Waals surface area contributed by atoms with E-state index in [0.29, 0.717) is 38.5 Å². The van der Waals surface area contributed by atoms with Crippen LogP contribution in [0.3, 0.4) is 0 Å². The molecule has 0 aromatic carbocycles. The van der Waals surface area contributed by atoms with E-state index in [0.717, 1.165) is 19.3 Å². The van der Waals surface area contributed by atoms with Crippen LogP contribution in [-0.4, -0.2) is 180 Å². The van der Waals surface area contributed by atoms with Gasteiger partial charge < -0.3 is 84.6 Å². The molecular formula is C43H68O19. The van der Waals surface area contributed by atoms with Crippen molar-refractivity contribution in [1.82, 2.24) is 0 Å². The van der Waals surface area contributed by atoms with Crippen LogP contribution >= 0.6 is 0 Å². The second kappa shape index (κ2) is 18.9. The van der Waals surface area contributed by atoms with Crippen LogP contribution in [0.4, 0.5) is 0 Å². The fraction of sp³-hybridized carbons (Fsp3) is 0.907. The van der Waals surface area contributed by atoms with E-state index in [-0.39, 0.29) is 58.6 Å². The van der Waals surface area contributed by atoms with Gasteiger partial charge in [-0.2, -0.15) is 0 Å². The van der Waals surface area contributed by atoms with Gasteiger partial charge in [0.25, 0.3) is 0 Å². The number of ether oxygens (including phenoxy) is 6. The lowest BCUT2D eigenvalue weighted by Gasteiger charge is -2.58. The largest absolute Gasteiger partial charge is 0.396 e. The summed E-state index contributed by atoms with van der Waals surface area (Å²) < 4.78 is 34.8. The van der Waals surface area contributed by atoms with E-state index in [4.69, 9.17) is 28.4 Å². The maximum absolute atomic E-state index is 13.8. The van der Waals surface area contributed by atoms with Crippen molar-refractivity contribution in [2.75, 3.05) is 13.2 Å². The number of hydrogen-bond acceptors (Lipinski definition) is 19. The van der Waals surface area contributed by atoms with Crippen LogP contribution in [0.2, 0.25) is 0 Å². The van der Waals surface area contributed by atoms with Gasteiger partial charge in [0, 0.05) is 31.3 Å². The number of carbonyl (C=O) groups is 2. The summed E-state index contributed by atoms with van der Waals surface area (Å²) in [5.41, 5.74) is 0.640. The highest BCUT2D eigenvalue weighted by Gasteiger charge is 2.63. The molecule has 0 amide bonds. The molecule has 4 aliphatic carbocycles. The van der Waals surface area contributed by atoms with Gasteiger partial charge in [-0.25, -0.2) is 0 Å². The lowest BCUT2D eigenvalue weighted by atomic mass is 9.47. The van der Waals surface area contributed by atoms with Crippen molar-refractivity contribution >= 4 is 11.6 Å². The van der Waals surface area contributed by atoms with E-state index in [1.165, 1.54) is 5.57 Å². The summed E-state index contributed by atoms with van der Waals surface area (Å²) in [6.07, 6.45) is -20.0. The van der Waals surface area contributed by atoms with Crippen LogP contribution in [0.5, 0.6) is 0 Å². The molecule has 24 atom stereocenters. The first kappa shape index (κ1) is 48.3. The Bertz CT molecular complexity index is 1620. The van der Waals surface area contributed by atoms with E-state index in [1.54, 1.807) is 0 Å². The molecule has 11 N–H and O–H groups in total. The number of allylic oxidation sites excluding steroid dienone is 1. The number of Topliss-reactive ketones (excluding diaryl/α,β-unsaturated/α-hetero) is 2. The van der Waals surface area contributed by atoms with Gasteiger partial charge in [0.2, 0.25) is 0 Å². The maximum atomic E-state index is 13.8. The summed E-state index contributed by atoms with van der Waals surface area (Å²) in [6.45, 7) is 7.49. The van der Waals surface area contributed by atoms with Crippen LogP contribution in [-0.2, 0) is 38.0 Å². The molecule has 0 radical (unpaired) electrons. The Kier molecular flexibility index (Phi) is 14.8. The van der Waals surface area contributed by atoms with E-state index in [1.807, 2.05) is 13.8 Å². The highest BCUT2D eigenvalue weighted by molar-refractivity contribution is 5.92. The van der Waals surface area contributed by atoms with Crippen LogP contribution < -0.4 is 0 Å². The fourth-order valence-corrected chi connectivity index (χ4v) is 12.2. The SMILES string of the molecule is C[C@@H](CO)CCC(=O)[C@@H](C)C1C(=O)C[C@H]2[C@@H]3CC=C4CC(O[C@@H]5OC(CO)[C@@H](O[C@@H]6OC(O)[C@H](O)C(O)C6O)C(O)C5O[C@@H]5OC(O)[C@H](O)C(O)C5O)CC[C@]4(C)[C@H]3CC[C@]12C. The van der Waals surface area contributed by atoms with Crippen molar-refractivity contribution in [1.29, 1.82) is 0 Å². The van der Waals surface area contributed by atoms with Gasteiger partial charge in [-0.1, -0.05) is 39.3 Å². The summed E-state index contributed by atoms with van der Waals surface area (Å²) in [5, 5.41) is 114. The molecule has 7 aliphatic rings. The predicted molar refractivity (Wildman–Crippen MR) is 209 cm³/mol. The Morgan fingerprint density at radius 2 is 1.35 bits per heavy atom. The van der Waals surface area contributed by atoms with Gasteiger partial charge in [-0.3, -0.25) is 9.59 Å². The summed E-state index contributed by atoms with van der Waals surface area (Å²) >= 11 is 0. The summed E-state index contributed by atoms with van der Waals surface area (Å²) in [5.74, 6) is 0.164. The third-order valence-corrected chi connectivity index (χ3v) is 16.0. The second-order valence-corrected chi connectivity index (χ2v) is 19.7. The molecule has 6 fully saturated rings. The number of fused-ring (bicyclic) bond motifs is 5. The smallest absolute Gasteiger partial charge is 0.189 e. The van der Waals surface area contributed by atoms with Gasteiger partial charge >= 0.3 is 0 Å². The second-order valence-electron chi connectivity index (χ2n) is 19.7. The average Bonchev–Trinajstić information content (AvgIpc) is 3.52. The minimum atomic E-state index is -2.00. The zero-order valence-corrected chi connectivity index (χ0v) is 35.7. The van der Waals surface area contributed by atoms with E-state index in [2.05, 4.69) is 19.9 Å². The minimum Gasteiger partial charge on any atom is -0.396 e. The molecule has 3 saturated heterocycles. The Labute approximate surface area is 360 Å². The number of hydrogen-bond donors (Lipinski definition) is 11. The number of carbonyl (C=O) groups excluding carboxylic acids is 2. The number of aliphatic hydroxyl groups excluding tert-OH is 11. The number of aliphatic hydroxyl groups is 11. The Hall–Kier alpha value is -1.60. The summed E-state index contributed by atoms with van der Waals surface area (Å²) in [4.78, 5) is 27.2. The third kappa shape index (κ3) is 8.74. The van der Waals surface area contributed by atoms with Gasteiger partial charge in [0.05, 0.1) is 12.7 Å². The van der Waals surface area contributed by atoms with Crippen molar-refractivity contribution < 1.29 is 94.2 Å². The monoisotopic (exact) mass is 888 g/mol. The summed E-state index contributed by atoms with van der Waals surface area (Å²) in [6, 6.07) is 0. The van der Waals surface area contributed by atoms with Crippen molar-refractivity contribution in [2.24, 2.45) is 46.3 Å². The molecule has 62 heavy (non-hydrogen) atoms. The molecule has 19 nitrogen and oxygen atoms in total. The molecule has 11 unspecified atom stereocenters. The first-order valence-electron chi connectivity index (χ1n) is 22.3. The zero-order chi connectivity index (χ0) is 45.2. The number of ketones is 2. The molecule has 0 aromatic heterocycles. The normalized spacial score (nSPS) is 50.5. The van der Waals surface area contributed by atoms with Crippen LogP contribution in [0, 0.1) is 46.3 Å². The van der Waals surface area contributed by atoms with Crippen molar-refractivity contribution in [3.8, 4) is 0 Å². The van der Waals surface area contributed by atoms with E-state index in [9.17, 15) is 65.8 Å². The molecular weight excluding hydrogens is 820 g/mol. The zero-order valence-electron chi connectivity index (χ0n) is 35.7. The maximum Gasteiger partial charge on any atom is 0.189 e. The highest BCUT2D eigenvalue weighted by Crippen LogP contribution is 2.66. The standard InChI is InChI=1S/C43H68O19/c1-17(15-44)5-8-24(46)18(2)27-25(47)14-23-21-7-6-19-13-20(9-11-42(19,3)22(21)10-12-43(23,27)4)57-41-36(60-40-33(53)29(49)31(51)38(56)62-40)34(54)35(26(16-45)58-41)59-39-32(52)28(48)30(50)37(55)61-39/h6,17-18,20-23,26-41,44-45,48-56H,5,7-16H2,1-4H3/t17-,18-,20?,21-,22+,23+,26?,27?,28?,29?,30-,31-,32?,33?,34?,35-,36?,37?,38?,39-,40-,41-,42+,43+/m1/s1. The molecule has 3 aliphatic heterocycles. The Morgan fingerprint density at radius 3 is 1.95 bits per heavy atom. The Morgan fingerprint density at radius 1 is 0.742 bits per heavy atom. The highest BCUT2D eigenvalue weighted by atomic mass is 16.8. The van der Waals surface area contributed by atoms with Gasteiger partial charge in [0.15, 0.2) is 31.5 Å². The molecule has 3 heterocycles. The predicted octanol–water partition coefficient (Wildman–Crippen LogP) is -1.89. The van der Waals surface area contributed by atoms with E-state index < -0.39 is 111 Å². The fourth-order valence-electron chi connectivity index (χ4n) is 12.2. The Balaban J connectivity index is 1.08. The lowest BCUT2D eigenvalue weighted by Crippen LogP contribution is -2.67. The summed E-state index contributed by atoms with van der Waals surface area (Å²) in [7, 11) is 0. The molecule has 0 bridgehead atoms. The van der Waals surface area contributed by atoms with Crippen LogP contribution in [0.1, 0.15) is 85.5 Å². The molecule has 19 heteroatoms. The first-order chi connectivity index (χ1) is 29.2. The van der Waals surface area contributed by atoms with Crippen molar-refractivity contribution in [3.63, 3.8) is 0 Å². The van der Waals surface area contributed by atoms with Crippen molar-refractivity contribution in [2.45, 2.75) is 184 Å². The first-order valence-corrected chi connectivity index (χ1v) is 22.3. The molecule has 3 saturated carbocycles. The topological polar surface area (TPSA) is 312 Å². The van der Waals surface area contributed by atoms with Crippen molar-refractivity contribution in [3.05, 3.63) is 11.6 Å². The lowest BCUT2D eigenvalue weighted by molar-refractivity contribution is -0.405. The number of rotatable bonds is 13. The quantitative estimate of drug-likeness (QED) is 0.0901. The molecule has 0 spiro atoms. The molecule has 7 rings (SSSR count). The van der Waals surface area contributed by atoms with Crippen LogP contribution in [0.25, 0.3) is 0 Å². The van der Waals surface area contributed by atoms with E-state index >= 15 is 0 Å². The molecule has 354 valence electrons. The minimum absolute atomic E-state index is 0.0158. The molecule has 0 aromatic rings. The third-order valence-electron chi connectivity index (χ3n) is 16.0. The van der Waals surface area contributed by atoms with Gasteiger partial charge in [-0.05, 0) is 79.4 Å². The average molecular weight is 889 g/mol.